The number of aromatic nitrogens is 5. The second-order valence-electron chi connectivity index (χ2n) is 3.68. The fraction of sp³-hybridized carbons (Fsp3) is 0.0833. The molecule has 0 saturated heterocycles. The van der Waals surface area contributed by atoms with Crippen molar-refractivity contribution >= 4 is 0 Å². The number of para-hydroxylation sites is 1. The summed E-state index contributed by atoms with van der Waals surface area (Å²) in [6.07, 6.45) is 5.22. The van der Waals surface area contributed by atoms with Gasteiger partial charge in [-0.05, 0) is 19.1 Å². The van der Waals surface area contributed by atoms with Gasteiger partial charge in [-0.3, -0.25) is 4.57 Å². The summed E-state index contributed by atoms with van der Waals surface area (Å²) in [5.74, 6) is 1.48. The Morgan fingerprint density at radius 1 is 1.12 bits per heavy atom. The van der Waals surface area contributed by atoms with Crippen LogP contribution in [-0.2, 0) is 0 Å². The molecule has 0 N–H and O–H groups in total. The molecule has 0 radical (unpaired) electrons. The fourth-order valence-corrected chi connectivity index (χ4v) is 1.68. The molecule has 0 atom stereocenters. The molecular formula is C12H11N5. The molecule has 0 aliphatic carbocycles. The van der Waals surface area contributed by atoms with Crippen LogP contribution in [0.25, 0.3) is 11.6 Å². The molecule has 0 saturated carbocycles. The molecular weight excluding hydrogens is 214 g/mol. The van der Waals surface area contributed by atoms with Gasteiger partial charge >= 0.3 is 0 Å². The Hall–Kier alpha value is -2.43. The Balaban J connectivity index is 2.08. The third kappa shape index (κ3) is 1.71. The number of hydrogen-bond donors (Lipinski definition) is 0. The van der Waals surface area contributed by atoms with Gasteiger partial charge in [0, 0.05) is 12.4 Å². The molecule has 5 heteroatoms. The van der Waals surface area contributed by atoms with Gasteiger partial charge in [0.15, 0.2) is 0 Å². The van der Waals surface area contributed by atoms with Crippen molar-refractivity contribution < 1.29 is 0 Å². The van der Waals surface area contributed by atoms with Gasteiger partial charge in [0.2, 0.25) is 0 Å². The lowest BCUT2D eigenvalue weighted by molar-refractivity contribution is 0.821. The van der Waals surface area contributed by atoms with Crippen molar-refractivity contribution in [2.24, 2.45) is 0 Å². The molecule has 2 heterocycles. The number of nitrogens with zero attached hydrogens (tertiary/aromatic N) is 5. The highest BCUT2D eigenvalue weighted by atomic mass is 15.4. The van der Waals surface area contributed by atoms with Gasteiger partial charge in [-0.1, -0.05) is 18.2 Å². The minimum atomic E-state index is 0.629. The highest BCUT2D eigenvalue weighted by molar-refractivity contribution is 5.32. The largest absolute Gasteiger partial charge is 0.273 e. The van der Waals surface area contributed by atoms with E-state index in [-0.39, 0.29) is 0 Å². The third-order valence-corrected chi connectivity index (χ3v) is 2.49. The Morgan fingerprint density at radius 3 is 2.65 bits per heavy atom. The molecule has 2 aromatic heterocycles. The second-order valence-corrected chi connectivity index (χ2v) is 3.68. The molecule has 0 amide bonds. The van der Waals surface area contributed by atoms with Gasteiger partial charge in [-0.25, -0.2) is 9.67 Å². The number of hydrogen-bond acceptors (Lipinski definition) is 3. The van der Waals surface area contributed by atoms with Crippen molar-refractivity contribution in [2.45, 2.75) is 6.92 Å². The van der Waals surface area contributed by atoms with Crippen LogP contribution in [-0.4, -0.2) is 24.3 Å². The van der Waals surface area contributed by atoms with Gasteiger partial charge in [0.1, 0.15) is 12.2 Å². The highest BCUT2D eigenvalue weighted by Crippen LogP contribution is 2.10. The zero-order valence-corrected chi connectivity index (χ0v) is 9.35. The zero-order chi connectivity index (χ0) is 11.7. The fourth-order valence-electron chi connectivity index (χ4n) is 1.68. The maximum Gasteiger partial charge on any atom is 0.254 e. The van der Waals surface area contributed by atoms with Gasteiger partial charge in [-0.2, -0.15) is 4.98 Å². The van der Waals surface area contributed by atoms with Crippen LogP contribution in [0, 0.1) is 6.92 Å². The molecule has 0 spiro atoms. The predicted molar refractivity (Wildman–Crippen MR) is 63.2 cm³/mol. The summed E-state index contributed by atoms with van der Waals surface area (Å²) in [6.45, 7) is 1.93. The van der Waals surface area contributed by atoms with E-state index in [9.17, 15) is 0 Å². The van der Waals surface area contributed by atoms with Crippen LogP contribution in [0.15, 0.2) is 49.1 Å². The maximum atomic E-state index is 4.45. The predicted octanol–water partition coefficient (Wildman–Crippen LogP) is 1.76. The molecule has 0 unspecified atom stereocenters. The van der Waals surface area contributed by atoms with Crippen LogP contribution in [0.2, 0.25) is 0 Å². The van der Waals surface area contributed by atoms with E-state index in [1.54, 1.807) is 17.1 Å². The molecule has 0 fully saturated rings. The minimum Gasteiger partial charge on any atom is -0.273 e. The Labute approximate surface area is 98.4 Å². The molecule has 0 aliphatic heterocycles. The van der Waals surface area contributed by atoms with Gasteiger partial charge in [0.05, 0.1) is 5.69 Å². The molecule has 3 aromatic rings. The quantitative estimate of drug-likeness (QED) is 0.667. The number of aryl methyl sites for hydroxylation is 1. The molecule has 0 bridgehead atoms. The van der Waals surface area contributed by atoms with E-state index in [0.717, 1.165) is 11.5 Å². The number of benzene rings is 1. The lowest BCUT2D eigenvalue weighted by Gasteiger charge is -2.00. The van der Waals surface area contributed by atoms with Gasteiger partial charge < -0.3 is 0 Å². The summed E-state index contributed by atoms with van der Waals surface area (Å²) < 4.78 is 3.60. The van der Waals surface area contributed by atoms with E-state index in [1.807, 2.05) is 48.1 Å². The summed E-state index contributed by atoms with van der Waals surface area (Å²) in [7, 11) is 0. The van der Waals surface area contributed by atoms with Gasteiger partial charge in [0.25, 0.3) is 5.95 Å². The van der Waals surface area contributed by atoms with E-state index >= 15 is 0 Å². The molecule has 5 nitrogen and oxygen atoms in total. The zero-order valence-electron chi connectivity index (χ0n) is 9.35. The van der Waals surface area contributed by atoms with Crippen molar-refractivity contribution in [2.75, 3.05) is 0 Å². The summed E-state index contributed by atoms with van der Waals surface area (Å²) in [6, 6.07) is 9.94. The van der Waals surface area contributed by atoms with Crippen molar-refractivity contribution in [3.63, 3.8) is 0 Å². The lowest BCUT2D eigenvalue weighted by Crippen LogP contribution is -1.99. The van der Waals surface area contributed by atoms with Crippen molar-refractivity contribution in [1.82, 2.24) is 24.3 Å². The molecule has 17 heavy (non-hydrogen) atoms. The normalized spacial score (nSPS) is 10.6. The third-order valence-electron chi connectivity index (χ3n) is 2.49. The first kappa shape index (κ1) is 9.77. The number of rotatable bonds is 2. The van der Waals surface area contributed by atoms with E-state index in [2.05, 4.69) is 15.1 Å². The Morgan fingerprint density at radius 2 is 1.94 bits per heavy atom. The molecule has 3 rings (SSSR count). The number of imidazole rings is 1. The Kier molecular flexibility index (Phi) is 2.22. The van der Waals surface area contributed by atoms with E-state index in [4.69, 9.17) is 0 Å². The van der Waals surface area contributed by atoms with E-state index in [0.29, 0.717) is 5.95 Å². The van der Waals surface area contributed by atoms with Crippen molar-refractivity contribution in [3.05, 3.63) is 54.9 Å². The summed E-state index contributed by atoms with van der Waals surface area (Å²) in [5.41, 5.74) is 1.00. The van der Waals surface area contributed by atoms with Crippen LogP contribution in [0.1, 0.15) is 5.82 Å². The molecule has 1 aromatic carbocycles. The first-order chi connectivity index (χ1) is 8.34. The van der Waals surface area contributed by atoms with Gasteiger partial charge in [-0.15, -0.1) is 5.10 Å². The highest BCUT2D eigenvalue weighted by Gasteiger charge is 2.08. The van der Waals surface area contributed by atoms with Crippen LogP contribution in [0.4, 0.5) is 0 Å². The average molecular weight is 225 g/mol. The SMILES string of the molecule is Cc1nc(-n2ccnc2)nn1-c1ccccc1. The van der Waals surface area contributed by atoms with E-state index in [1.165, 1.54) is 0 Å². The molecule has 0 aliphatic rings. The topological polar surface area (TPSA) is 48.5 Å². The van der Waals surface area contributed by atoms with E-state index < -0.39 is 0 Å². The maximum absolute atomic E-state index is 4.45. The minimum absolute atomic E-state index is 0.629. The summed E-state index contributed by atoms with van der Waals surface area (Å²) >= 11 is 0. The monoisotopic (exact) mass is 225 g/mol. The van der Waals surface area contributed by atoms with Crippen LogP contribution < -0.4 is 0 Å². The Bertz CT molecular complexity index is 610. The summed E-state index contributed by atoms with van der Waals surface area (Å²) in [5, 5.41) is 4.45. The standard InChI is InChI=1S/C12H11N5/c1-10-14-12(16-8-7-13-9-16)15-17(10)11-5-3-2-4-6-11/h2-9H,1H3. The van der Waals surface area contributed by atoms with Crippen LogP contribution >= 0.6 is 0 Å². The molecule has 84 valence electrons. The first-order valence-corrected chi connectivity index (χ1v) is 5.32. The average Bonchev–Trinajstić information content (AvgIpc) is 2.99. The smallest absolute Gasteiger partial charge is 0.254 e. The lowest BCUT2D eigenvalue weighted by atomic mass is 10.3. The first-order valence-electron chi connectivity index (χ1n) is 5.32. The van der Waals surface area contributed by atoms with Crippen LogP contribution in [0.5, 0.6) is 0 Å². The second kappa shape index (κ2) is 3.86. The van der Waals surface area contributed by atoms with Crippen molar-refractivity contribution in [1.29, 1.82) is 0 Å². The van der Waals surface area contributed by atoms with Crippen molar-refractivity contribution in [3.8, 4) is 11.6 Å². The summed E-state index contributed by atoms with van der Waals surface area (Å²) in [4.78, 5) is 8.39. The van der Waals surface area contributed by atoms with Crippen LogP contribution in [0.3, 0.4) is 0 Å².